The molecular weight excluding hydrogens is 454 g/mol. The number of ether oxygens (including phenoxy) is 2. The summed E-state index contributed by atoms with van der Waals surface area (Å²) in [5.74, 6) is -0.0638. The van der Waals surface area contributed by atoms with Crippen LogP contribution in [0.15, 0.2) is 53.4 Å². The molecule has 0 bridgehead atoms. The van der Waals surface area contributed by atoms with Crippen LogP contribution in [0.4, 0.5) is 5.69 Å². The number of nitrogens with zero attached hydrogens (tertiary/aromatic N) is 2. The second-order valence-electron chi connectivity index (χ2n) is 8.61. The standard InChI is InChI=1S/C25H33N3O5S/c29-25(26-23-6-1-22(2-7-23)11-12-27-13-17-32-18-14-27)10-5-21-3-8-24(9-4-21)34(30,31)28-15-19-33-20-16-28/h1-4,6-9H,5,10-20H2,(H,26,29). The van der Waals surface area contributed by atoms with Gasteiger partial charge in [-0.1, -0.05) is 24.3 Å². The van der Waals surface area contributed by atoms with E-state index in [1.165, 1.54) is 9.87 Å². The number of anilines is 1. The average molecular weight is 488 g/mol. The Morgan fingerprint density at radius 1 is 0.794 bits per heavy atom. The highest BCUT2D eigenvalue weighted by molar-refractivity contribution is 7.89. The number of aryl methyl sites for hydroxylation is 1. The first-order valence-electron chi connectivity index (χ1n) is 11.9. The molecule has 2 aliphatic rings. The van der Waals surface area contributed by atoms with Crippen molar-refractivity contribution in [1.82, 2.24) is 9.21 Å². The first-order valence-corrected chi connectivity index (χ1v) is 13.3. The molecule has 0 unspecified atom stereocenters. The molecule has 1 amide bonds. The Labute approximate surface area is 201 Å². The summed E-state index contributed by atoms with van der Waals surface area (Å²) in [4.78, 5) is 15.1. The smallest absolute Gasteiger partial charge is 0.243 e. The molecule has 2 aromatic carbocycles. The van der Waals surface area contributed by atoms with Crippen molar-refractivity contribution >= 4 is 21.6 Å². The molecule has 1 N–H and O–H groups in total. The monoisotopic (exact) mass is 487 g/mol. The van der Waals surface area contributed by atoms with Crippen molar-refractivity contribution in [2.75, 3.05) is 64.5 Å². The fraction of sp³-hybridized carbons (Fsp3) is 0.480. The Balaban J connectivity index is 1.22. The Kier molecular flexibility index (Phi) is 8.69. The Morgan fingerprint density at radius 3 is 2.00 bits per heavy atom. The van der Waals surface area contributed by atoms with Crippen molar-refractivity contribution in [2.24, 2.45) is 0 Å². The molecule has 0 saturated carbocycles. The van der Waals surface area contributed by atoms with Gasteiger partial charge in [0.25, 0.3) is 0 Å². The highest BCUT2D eigenvalue weighted by Crippen LogP contribution is 2.18. The Morgan fingerprint density at radius 2 is 1.35 bits per heavy atom. The predicted molar refractivity (Wildman–Crippen MR) is 130 cm³/mol. The molecule has 2 aliphatic heterocycles. The molecule has 2 heterocycles. The van der Waals surface area contributed by atoms with Gasteiger partial charge in [-0.25, -0.2) is 8.42 Å². The molecular formula is C25H33N3O5S. The van der Waals surface area contributed by atoms with E-state index in [0.717, 1.165) is 50.5 Å². The van der Waals surface area contributed by atoms with Crippen LogP contribution in [0.2, 0.25) is 0 Å². The van der Waals surface area contributed by atoms with Crippen molar-refractivity contribution in [3.05, 3.63) is 59.7 Å². The van der Waals surface area contributed by atoms with E-state index in [-0.39, 0.29) is 10.8 Å². The zero-order valence-electron chi connectivity index (χ0n) is 19.4. The lowest BCUT2D eigenvalue weighted by molar-refractivity contribution is -0.116. The molecule has 2 saturated heterocycles. The zero-order chi connectivity index (χ0) is 23.8. The largest absolute Gasteiger partial charge is 0.379 e. The van der Waals surface area contributed by atoms with Crippen LogP contribution in [-0.4, -0.2) is 82.7 Å². The molecule has 0 aromatic heterocycles. The maximum atomic E-state index is 12.7. The van der Waals surface area contributed by atoms with Gasteiger partial charge in [0.2, 0.25) is 15.9 Å². The molecule has 0 aliphatic carbocycles. The second kappa shape index (κ2) is 11.9. The third kappa shape index (κ3) is 6.86. The van der Waals surface area contributed by atoms with E-state index in [9.17, 15) is 13.2 Å². The molecule has 2 fully saturated rings. The topological polar surface area (TPSA) is 88.2 Å². The molecule has 2 aromatic rings. The number of carbonyl (C=O) groups is 1. The van der Waals surface area contributed by atoms with E-state index in [1.54, 1.807) is 24.3 Å². The van der Waals surface area contributed by atoms with Crippen molar-refractivity contribution < 1.29 is 22.7 Å². The van der Waals surface area contributed by atoms with Gasteiger partial charge in [0.1, 0.15) is 0 Å². The minimum Gasteiger partial charge on any atom is -0.379 e. The quantitative estimate of drug-likeness (QED) is 0.583. The van der Waals surface area contributed by atoms with Crippen LogP contribution in [0.3, 0.4) is 0 Å². The fourth-order valence-electron chi connectivity index (χ4n) is 4.11. The molecule has 8 nitrogen and oxygen atoms in total. The Hall–Kier alpha value is -2.30. The van der Waals surface area contributed by atoms with Gasteiger partial charge in [-0.2, -0.15) is 4.31 Å². The van der Waals surface area contributed by atoms with Crippen LogP contribution in [0, 0.1) is 0 Å². The van der Waals surface area contributed by atoms with Gasteiger partial charge in [0.15, 0.2) is 0 Å². The van der Waals surface area contributed by atoms with Gasteiger partial charge in [-0.3, -0.25) is 9.69 Å². The third-order valence-electron chi connectivity index (χ3n) is 6.23. The van der Waals surface area contributed by atoms with E-state index >= 15 is 0 Å². The number of nitrogens with one attached hydrogen (secondary N) is 1. The average Bonchev–Trinajstić information content (AvgIpc) is 2.88. The maximum absolute atomic E-state index is 12.7. The summed E-state index contributed by atoms with van der Waals surface area (Å²) in [5, 5.41) is 2.94. The number of carbonyl (C=O) groups excluding carboxylic acids is 1. The maximum Gasteiger partial charge on any atom is 0.243 e. The van der Waals surface area contributed by atoms with E-state index in [4.69, 9.17) is 9.47 Å². The summed E-state index contributed by atoms with van der Waals surface area (Å²) >= 11 is 0. The van der Waals surface area contributed by atoms with Gasteiger partial charge >= 0.3 is 0 Å². The molecule has 184 valence electrons. The Bertz CT molecular complexity index is 1030. The highest BCUT2D eigenvalue weighted by atomic mass is 32.2. The van der Waals surface area contributed by atoms with Crippen LogP contribution in [-0.2, 0) is 37.1 Å². The van der Waals surface area contributed by atoms with Crippen LogP contribution >= 0.6 is 0 Å². The number of rotatable bonds is 9. The van der Waals surface area contributed by atoms with Crippen molar-refractivity contribution in [3.8, 4) is 0 Å². The van der Waals surface area contributed by atoms with Crippen molar-refractivity contribution in [1.29, 1.82) is 0 Å². The van der Waals surface area contributed by atoms with Gasteiger partial charge in [-0.05, 0) is 48.2 Å². The summed E-state index contributed by atoms with van der Waals surface area (Å²) in [5.41, 5.74) is 2.96. The van der Waals surface area contributed by atoms with Gasteiger partial charge in [0, 0.05) is 44.8 Å². The van der Waals surface area contributed by atoms with Crippen LogP contribution in [0.1, 0.15) is 17.5 Å². The van der Waals surface area contributed by atoms with E-state index in [1.807, 2.05) is 12.1 Å². The highest BCUT2D eigenvalue weighted by Gasteiger charge is 2.26. The molecule has 0 spiro atoms. The third-order valence-corrected chi connectivity index (χ3v) is 8.14. The molecule has 34 heavy (non-hydrogen) atoms. The van der Waals surface area contributed by atoms with Gasteiger partial charge < -0.3 is 14.8 Å². The summed E-state index contributed by atoms with van der Waals surface area (Å²) in [6, 6.07) is 14.8. The van der Waals surface area contributed by atoms with E-state index in [0.29, 0.717) is 39.1 Å². The molecule has 9 heteroatoms. The first-order chi connectivity index (χ1) is 16.5. The lowest BCUT2D eigenvalue weighted by Crippen LogP contribution is -2.40. The van der Waals surface area contributed by atoms with E-state index < -0.39 is 10.0 Å². The zero-order valence-corrected chi connectivity index (χ0v) is 20.3. The summed E-state index contributed by atoms with van der Waals surface area (Å²) in [6.45, 7) is 6.19. The van der Waals surface area contributed by atoms with Crippen molar-refractivity contribution in [3.63, 3.8) is 0 Å². The second-order valence-corrected chi connectivity index (χ2v) is 10.5. The minimum absolute atomic E-state index is 0.0638. The van der Waals surface area contributed by atoms with Crippen molar-refractivity contribution in [2.45, 2.75) is 24.2 Å². The molecule has 0 radical (unpaired) electrons. The lowest BCUT2D eigenvalue weighted by atomic mass is 10.1. The van der Waals surface area contributed by atoms with Crippen LogP contribution in [0.5, 0.6) is 0 Å². The van der Waals surface area contributed by atoms with Crippen LogP contribution < -0.4 is 5.32 Å². The predicted octanol–water partition coefficient (Wildman–Crippen LogP) is 2.15. The SMILES string of the molecule is O=C(CCc1ccc(S(=O)(=O)N2CCOCC2)cc1)Nc1ccc(CCN2CCOCC2)cc1. The number of amides is 1. The van der Waals surface area contributed by atoms with E-state index in [2.05, 4.69) is 22.3 Å². The number of sulfonamides is 1. The molecule has 4 rings (SSSR count). The summed E-state index contributed by atoms with van der Waals surface area (Å²) in [6.07, 6.45) is 1.85. The van der Waals surface area contributed by atoms with Crippen LogP contribution in [0.25, 0.3) is 0 Å². The summed E-state index contributed by atoms with van der Waals surface area (Å²) in [7, 11) is -3.50. The summed E-state index contributed by atoms with van der Waals surface area (Å²) < 4.78 is 37.5. The number of hydrogen-bond acceptors (Lipinski definition) is 6. The normalized spacial score (nSPS) is 18.0. The number of hydrogen-bond donors (Lipinski definition) is 1. The van der Waals surface area contributed by atoms with Gasteiger partial charge in [-0.15, -0.1) is 0 Å². The number of benzene rings is 2. The van der Waals surface area contributed by atoms with Gasteiger partial charge in [0.05, 0.1) is 31.3 Å². The lowest BCUT2D eigenvalue weighted by Gasteiger charge is -2.26. The molecule has 0 atom stereocenters. The first kappa shape index (κ1) is 24.8. The minimum atomic E-state index is -3.50. The fourth-order valence-corrected chi connectivity index (χ4v) is 5.52. The number of morpholine rings is 2.